The first-order valence-electron chi connectivity index (χ1n) is 11.5. The number of aryl methyl sites for hydroxylation is 1. The molecule has 2 aliphatic rings. The maximum absolute atomic E-state index is 13.0. The van der Waals surface area contributed by atoms with E-state index in [9.17, 15) is 22.8 Å². The molecule has 0 radical (unpaired) electrons. The third-order valence-corrected chi connectivity index (χ3v) is 6.35. The van der Waals surface area contributed by atoms with Crippen molar-refractivity contribution < 1.29 is 22.8 Å². The van der Waals surface area contributed by atoms with Gasteiger partial charge in [-0.1, -0.05) is 6.07 Å². The number of aromatic nitrogens is 3. The molecule has 4 heterocycles. The minimum absolute atomic E-state index is 0.00477. The Labute approximate surface area is 201 Å². The summed E-state index contributed by atoms with van der Waals surface area (Å²) in [6.45, 7) is 9.55. The summed E-state index contributed by atoms with van der Waals surface area (Å²) in [4.78, 5) is 43.0. The van der Waals surface area contributed by atoms with E-state index in [0.29, 0.717) is 61.3 Å². The van der Waals surface area contributed by atoms with E-state index < -0.39 is 11.9 Å². The van der Waals surface area contributed by atoms with Crippen LogP contribution in [-0.2, 0) is 24.1 Å². The van der Waals surface area contributed by atoms with Gasteiger partial charge in [0.25, 0.3) is 5.91 Å². The molecule has 1 N–H and O–H groups in total. The van der Waals surface area contributed by atoms with Crippen molar-refractivity contribution in [3.05, 3.63) is 40.3 Å². The number of hydrogen-bond donors (Lipinski definition) is 1. The van der Waals surface area contributed by atoms with Crippen LogP contribution in [0.25, 0.3) is 0 Å². The fourth-order valence-electron chi connectivity index (χ4n) is 4.22. The van der Waals surface area contributed by atoms with Gasteiger partial charge >= 0.3 is 6.18 Å². The largest absolute Gasteiger partial charge is 0.433 e. The summed E-state index contributed by atoms with van der Waals surface area (Å²) < 4.78 is 38.9. The van der Waals surface area contributed by atoms with Crippen molar-refractivity contribution >= 4 is 23.6 Å². The monoisotopic (exact) mass is 491 g/mol. The standard InChI is InChI=1S/C23H28F3N7O2/c1-13(2)33-12-17-19(21(33)35)29-22(32-9-7-31(8-10-32)15(4)34)30-20(17)27-11-16-5-6-18(23(24,25)26)28-14(16)3/h5-6,13H,7-12H2,1-4H3,(H,27,29,30). The van der Waals surface area contributed by atoms with Crippen molar-refractivity contribution in [3.8, 4) is 0 Å². The second kappa shape index (κ2) is 9.31. The van der Waals surface area contributed by atoms with E-state index >= 15 is 0 Å². The maximum atomic E-state index is 13.0. The minimum atomic E-state index is -4.51. The van der Waals surface area contributed by atoms with E-state index in [-0.39, 0.29) is 30.1 Å². The average molecular weight is 492 g/mol. The Bertz CT molecular complexity index is 1140. The summed E-state index contributed by atoms with van der Waals surface area (Å²) in [7, 11) is 0. The molecule has 2 aromatic rings. The van der Waals surface area contributed by atoms with Gasteiger partial charge in [0.15, 0.2) is 0 Å². The first-order valence-corrected chi connectivity index (χ1v) is 11.5. The number of amides is 2. The lowest BCUT2D eigenvalue weighted by atomic mass is 10.1. The smallest absolute Gasteiger partial charge is 0.365 e. The highest BCUT2D eigenvalue weighted by molar-refractivity contribution is 5.98. The van der Waals surface area contributed by atoms with Crippen LogP contribution in [-0.4, -0.2) is 68.8 Å². The van der Waals surface area contributed by atoms with Crippen molar-refractivity contribution in [2.45, 2.75) is 53.0 Å². The molecule has 0 aliphatic carbocycles. The number of pyridine rings is 1. The molecule has 188 valence electrons. The summed E-state index contributed by atoms with van der Waals surface area (Å²) >= 11 is 0. The average Bonchev–Trinajstić information content (AvgIpc) is 3.14. The van der Waals surface area contributed by atoms with Crippen LogP contribution in [0.2, 0.25) is 0 Å². The Morgan fingerprint density at radius 3 is 2.37 bits per heavy atom. The molecule has 35 heavy (non-hydrogen) atoms. The van der Waals surface area contributed by atoms with Gasteiger partial charge in [0.2, 0.25) is 11.9 Å². The van der Waals surface area contributed by atoms with E-state index in [1.165, 1.54) is 19.9 Å². The number of piperazine rings is 1. The van der Waals surface area contributed by atoms with Gasteiger partial charge in [-0.05, 0) is 32.4 Å². The van der Waals surface area contributed by atoms with Gasteiger partial charge < -0.3 is 20.0 Å². The predicted octanol–water partition coefficient (Wildman–Crippen LogP) is 2.84. The van der Waals surface area contributed by atoms with Crippen molar-refractivity contribution in [1.82, 2.24) is 24.8 Å². The number of nitrogens with zero attached hydrogens (tertiary/aromatic N) is 6. The number of rotatable bonds is 5. The minimum Gasteiger partial charge on any atom is -0.365 e. The summed E-state index contributed by atoms with van der Waals surface area (Å²) in [5, 5.41) is 3.20. The van der Waals surface area contributed by atoms with Crippen LogP contribution in [0.3, 0.4) is 0 Å². The fourth-order valence-corrected chi connectivity index (χ4v) is 4.22. The van der Waals surface area contributed by atoms with Crippen molar-refractivity contribution in [1.29, 1.82) is 0 Å². The molecule has 0 aromatic carbocycles. The van der Waals surface area contributed by atoms with Crippen LogP contribution < -0.4 is 10.2 Å². The van der Waals surface area contributed by atoms with Crippen LogP contribution in [0.5, 0.6) is 0 Å². The van der Waals surface area contributed by atoms with Crippen molar-refractivity contribution in [3.63, 3.8) is 0 Å². The van der Waals surface area contributed by atoms with E-state index in [2.05, 4.69) is 20.3 Å². The van der Waals surface area contributed by atoms with Crippen LogP contribution in [0.4, 0.5) is 24.9 Å². The molecule has 2 aromatic heterocycles. The van der Waals surface area contributed by atoms with E-state index in [1.807, 2.05) is 18.7 Å². The Morgan fingerprint density at radius 2 is 1.80 bits per heavy atom. The third-order valence-electron chi connectivity index (χ3n) is 6.35. The molecule has 2 aliphatic heterocycles. The summed E-state index contributed by atoms with van der Waals surface area (Å²) in [5.74, 6) is 0.673. The first kappa shape index (κ1) is 24.7. The molecule has 0 saturated carbocycles. The fraction of sp³-hybridized carbons (Fsp3) is 0.522. The Hall–Kier alpha value is -3.44. The van der Waals surface area contributed by atoms with Gasteiger partial charge in [0.05, 0.1) is 6.54 Å². The highest BCUT2D eigenvalue weighted by atomic mass is 19.4. The molecule has 9 nitrogen and oxygen atoms in total. The van der Waals surface area contributed by atoms with Crippen LogP contribution in [0.1, 0.15) is 53.8 Å². The summed E-state index contributed by atoms with van der Waals surface area (Å²) in [5.41, 5.74) is 0.896. The number of hydrogen-bond acceptors (Lipinski definition) is 7. The lowest BCUT2D eigenvalue weighted by molar-refractivity contribution is -0.141. The number of halogens is 3. The first-order chi connectivity index (χ1) is 16.5. The van der Waals surface area contributed by atoms with Crippen molar-refractivity contribution in [2.24, 2.45) is 0 Å². The van der Waals surface area contributed by atoms with E-state index in [4.69, 9.17) is 0 Å². The Morgan fingerprint density at radius 1 is 1.11 bits per heavy atom. The number of carbonyl (C=O) groups excluding carboxylic acids is 2. The molecule has 0 spiro atoms. The molecule has 1 fully saturated rings. The van der Waals surface area contributed by atoms with Gasteiger partial charge in [-0.25, -0.2) is 9.97 Å². The number of fused-ring (bicyclic) bond motifs is 1. The quantitative estimate of drug-likeness (QED) is 0.687. The highest BCUT2D eigenvalue weighted by Crippen LogP contribution is 2.32. The lowest BCUT2D eigenvalue weighted by Gasteiger charge is -2.34. The van der Waals surface area contributed by atoms with Crippen LogP contribution in [0, 0.1) is 6.92 Å². The van der Waals surface area contributed by atoms with Crippen LogP contribution >= 0.6 is 0 Å². The normalized spacial score (nSPS) is 16.2. The molecule has 4 rings (SSSR count). The molecular weight excluding hydrogens is 463 g/mol. The second-order valence-corrected chi connectivity index (χ2v) is 9.01. The third kappa shape index (κ3) is 5.01. The number of alkyl halides is 3. The zero-order valence-electron chi connectivity index (χ0n) is 20.1. The number of carbonyl (C=O) groups is 2. The molecule has 2 amide bonds. The Kier molecular flexibility index (Phi) is 6.56. The summed E-state index contributed by atoms with van der Waals surface area (Å²) in [6, 6.07) is 2.32. The van der Waals surface area contributed by atoms with Gasteiger partial charge in [-0.3, -0.25) is 9.59 Å². The van der Waals surface area contributed by atoms with Gasteiger partial charge in [-0.2, -0.15) is 18.2 Å². The number of nitrogens with one attached hydrogen (secondary N) is 1. The molecule has 0 atom stereocenters. The topological polar surface area (TPSA) is 94.6 Å². The molecule has 1 saturated heterocycles. The molecular formula is C23H28F3N7O2. The predicted molar refractivity (Wildman–Crippen MR) is 123 cm³/mol. The highest BCUT2D eigenvalue weighted by Gasteiger charge is 2.35. The SMILES string of the molecule is CC(=O)N1CCN(c2nc(NCc3ccc(C(F)(F)F)nc3C)c3c(n2)C(=O)N(C(C)C)C3)CC1. The van der Waals surface area contributed by atoms with E-state index in [1.54, 1.807) is 9.80 Å². The molecule has 0 bridgehead atoms. The summed E-state index contributed by atoms with van der Waals surface area (Å²) in [6.07, 6.45) is -4.51. The van der Waals surface area contributed by atoms with Gasteiger partial charge in [0, 0.05) is 56.9 Å². The molecule has 0 unspecified atom stereocenters. The zero-order chi connectivity index (χ0) is 25.5. The zero-order valence-corrected chi connectivity index (χ0v) is 20.1. The maximum Gasteiger partial charge on any atom is 0.433 e. The second-order valence-electron chi connectivity index (χ2n) is 9.01. The van der Waals surface area contributed by atoms with E-state index in [0.717, 1.165) is 6.07 Å². The molecule has 12 heteroatoms. The van der Waals surface area contributed by atoms with Gasteiger partial charge in [0.1, 0.15) is 17.2 Å². The lowest BCUT2D eigenvalue weighted by Crippen LogP contribution is -2.48. The van der Waals surface area contributed by atoms with Gasteiger partial charge in [-0.15, -0.1) is 0 Å². The Balaban J connectivity index is 1.62. The number of anilines is 2. The van der Waals surface area contributed by atoms with Crippen LogP contribution in [0.15, 0.2) is 12.1 Å². The van der Waals surface area contributed by atoms with Crippen molar-refractivity contribution in [2.75, 3.05) is 36.4 Å².